The molecule has 1 fully saturated rings. The number of carboxylic acid groups (broad SMARTS) is 1. The summed E-state index contributed by atoms with van der Waals surface area (Å²) in [4.78, 5) is 33.7. The second kappa shape index (κ2) is 4.08. The highest BCUT2D eigenvalue weighted by Gasteiger charge is 2.33. The zero-order chi connectivity index (χ0) is 10.7. The lowest BCUT2D eigenvalue weighted by molar-refractivity contribution is -0.149. The number of carbonyl (C=O) groups excluding carboxylic acids is 2. The first kappa shape index (κ1) is 10.5. The number of primary amides is 1. The van der Waals surface area contributed by atoms with E-state index in [2.05, 4.69) is 0 Å². The molecular weight excluding hydrogens is 188 g/mol. The Morgan fingerprint density at radius 1 is 1.43 bits per heavy atom. The van der Waals surface area contributed by atoms with E-state index >= 15 is 0 Å². The second-order valence-electron chi connectivity index (χ2n) is 3.23. The molecule has 0 aromatic rings. The molecule has 0 aliphatic carbocycles. The van der Waals surface area contributed by atoms with E-state index in [1.165, 1.54) is 4.90 Å². The Morgan fingerprint density at radius 2 is 2.07 bits per heavy atom. The van der Waals surface area contributed by atoms with E-state index in [0.717, 1.165) is 0 Å². The fourth-order valence-corrected chi connectivity index (χ4v) is 1.57. The number of rotatable bonds is 3. The molecule has 0 radical (unpaired) electrons. The highest BCUT2D eigenvalue weighted by Crippen LogP contribution is 2.18. The van der Waals surface area contributed by atoms with Gasteiger partial charge < -0.3 is 15.7 Å². The minimum atomic E-state index is -1.03. The zero-order valence-corrected chi connectivity index (χ0v) is 7.60. The van der Waals surface area contributed by atoms with Crippen molar-refractivity contribution in [3.8, 4) is 0 Å². The number of amides is 2. The van der Waals surface area contributed by atoms with Crippen molar-refractivity contribution in [2.24, 2.45) is 5.73 Å². The molecule has 1 aliphatic rings. The summed E-state index contributed by atoms with van der Waals surface area (Å²) < 4.78 is 0. The summed E-state index contributed by atoms with van der Waals surface area (Å²) in [6.45, 7) is 0.392. The van der Waals surface area contributed by atoms with Crippen LogP contribution in [0.25, 0.3) is 0 Å². The molecule has 0 unspecified atom stereocenters. The molecule has 6 nitrogen and oxygen atoms in total. The van der Waals surface area contributed by atoms with E-state index in [1.54, 1.807) is 0 Å². The van der Waals surface area contributed by atoms with Crippen LogP contribution in [0.1, 0.15) is 19.3 Å². The first-order valence-electron chi connectivity index (χ1n) is 4.33. The van der Waals surface area contributed by atoms with Crippen molar-refractivity contribution < 1.29 is 19.5 Å². The maximum absolute atomic E-state index is 11.3. The summed E-state index contributed by atoms with van der Waals surface area (Å²) >= 11 is 0. The first-order chi connectivity index (χ1) is 6.52. The van der Waals surface area contributed by atoms with Gasteiger partial charge in [-0.2, -0.15) is 0 Å². The van der Waals surface area contributed by atoms with Crippen LogP contribution in [-0.4, -0.2) is 40.4 Å². The average molecular weight is 200 g/mol. The first-order valence-corrected chi connectivity index (χ1v) is 4.33. The molecule has 0 aromatic carbocycles. The molecule has 2 amide bonds. The van der Waals surface area contributed by atoms with Crippen LogP contribution in [0.3, 0.4) is 0 Å². The van der Waals surface area contributed by atoms with Crippen LogP contribution in [-0.2, 0) is 14.4 Å². The molecule has 1 atom stereocenters. The summed E-state index contributed by atoms with van der Waals surface area (Å²) in [5, 5.41) is 8.76. The van der Waals surface area contributed by atoms with Crippen LogP contribution in [0.4, 0.5) is 0 Å². The van der Waals surface area contributed by atoms with Crippen molar-refractivity contribution in [3.05, 3.63) is 0 Å². The van der Waals surface area contributed by atoms with Crippen molar-refractivity contribution in [2.75, 3.05) is 6.54 Å². The Morgan fingerprint density at radius 3 is 2.57 bits per heavy atom. The van der Waals surface area contributed by atoms with Gasteiger partial charge in [0.05, 0.1) is 0 Å². The Bertz CT molecular complexity index is 277. The lowest BCUT2D eigenvalue weighted by atomic mass is 10.2. The number of carbonyl (C=O) groups is 3. The average Bonchev–Trinajstić information content (AvgIpc) is 2.49. The molecule has 6 heteroatoms. The third-order valence-electron chi connectivity index (χ3n) is 2.18. The molecular formula is C8H12N2O4. The maximum atomic E-state index is 11.3. The van der Waals surface area contributed by atoms with Crippen LogP contribution < -0.4 is 5.73 Å². The van der Waals surface area contributed by atoms with E-state index in [0.29, 0.717) is 19.4 Å². The number of aliphatic carboxylic acids is 1. The Kier molecular flexibility index (Phi) is 3.06. The Balaban J connectivity index is 2.62. The SMILES string of the molecule is NC(=O)CC(=O)N1CCC[C@@H]1C(=O)O. The van der Waals surface area contributed by atoms with E-state index in [-0.39, 0.29) is 0 Å². The van der Waals surface area contributed by atoms with Crippen LogP contribution in [0, 0.1) is 0 Å². The molecule has 0 bridgehead atoms. The third kappa shape index (κ3) is 2.21. The van der Waals surface area contributed by atoms with Crippen molar-refractivity contribution >= 4 is 17.8 Å². The van der Waals surface area contributed by atoms with Gasteiger partial charge in [0.15, 0.2) is 0 Å². The van der Waals surface area contributed by atoms with E-state index < -0.39 is 30.2 Å². The zero-order valence-electron chi connectivity index (χ0n) is 7.60. The van der Waals surface area contributed by atoms with Crippen LogP contribution in [0.2, 0.25) is 0 Å². The quantitative estimate of drug-likeness (QED) is 0.567. The van der Waals surface area contributed by atoms with E-state index in [9.17, 15) is 14.4 Å². The van der Waals surface area contributed by atoms with Crippen molar-refractivity contribution in [1.29, 1.82) is 0 Å². The standard InChI is InChI=1S/C8H12N2O4/c9-6(11)4-7(12)10-3-1-2-5(10)8(13)14/h5H,1-4H2,(H2,9,11)(H,13,14)/t5-/m1/s1. The summed E-state index contributed by atoms with van der Waals surface area (Å²) in [6, 6.07) is -0.790. The Labute approximate surface area is 80.7 Å². The van der Waals surface area contributed by atoms with Crippen LogP contribution >= 0.6 is 0 Å². The van der Waals surface area contributed by atoms with Gasteiger partial charge in [0.2, 0.25) is 11.8 Å². The van der Waals surface area contributed by atoms with Gasteiger partial charge in [-0.3, -0.25) is 9.59 Å². The second-order valence-corrected chi connectivity index (χ2v) is 3.23. The molecule has 3 N–H and O–H groups in total. The fraction of sp³-hybridized carbons (Fsp3) is 0.625. The molecule has 0 saturated carbocycles. The highest BCUT2D eigenvalue weighted by molar-refractivity contribution is 5.97. The summed E-state index contributed by atoms with van der Waals surface area (Å²) in [5.41, 5.74) is 4.85. The lowest BCUT2D eigenvalue weighted by Crippen LogP contribution is -2.41. The number of hydrogen-bond acceptors (Lipinski definition) is 3. The van der Waals surface area contributed by atoms with Crippen molar-refractivity contribution in [2.45, 2.75) is 25.3 Å². The number of likely N-dealkylation sites (tertiary alicyclic amines) is 1. The van der Waals surface area contributed by atoms with Gasteiger partial charge in [0, 0.05) is 6.54 Å². The molecule has 78 valence electrons. The van der Waals surface area contributed by atoms with Gasteiger partial charge >= 0.3 is 5.97 Å². The van der Waals surface area contributed by atoms with Crippen molar-refractivity contribution in [3.63, 3.8) is 0 Å². The third-order valence-corrected chi connectivity index (χ3v) is 2.18. The fourth-order valence-electron chi connectivity index (χ4n) is 1.57. The molecule has 1 saturated heterocycles. The minimum absolute atomic E-state index is 0.392. The summed E-state index contributed by atoms with van der Waals surface area (Å²) in [7, 11) is 0. The Hall–Kier alpha value is -1.59. The number of hydrogen-bond donors (Lipinski definition) is 2. The maximum Gasteiger partial charge on any atom is 0.326 e. The molecule has 0 spiro atoms. The van der Waals surface area contributed by atoms with E-state index in [1.807, 2.05) is 0 Å². The topological polar surface area (TPSA) is 101 Å². The molecule has 1 aliphatic heterocycles. The molecule has 1 heterocycles. The smallest absolute Gasteiger partial charge is 0.326 e. The summed E-state index contributed by atoms with van der Waals surface area (Å²) in [5.74, 6) is -2.26. The summed E-state index contributed by atoms with van der Waals surface area (Å²) in [6.07, 6.45) is 0.686. The van der Waals surface area contributed by atoms with Gasteiger partial charge in [-0.05, 0) is 12.8 Å². The number of nitrogens with zero attached hydrogens (tertiary/aromatic N) is 1. The minimum Gasteiger partial charge on any atom is -0.480 e. The normalized spacial score (nSPS) is 20.9. The van der Waals surface area contributed by atoms with E-state index in [4.69, 9.17) is 10.8 Å². The number of carboxylic acids is 1. The monoisotopic (exact) mass is 200 g/mol. The van der Waals surface area contributed by atoms with Crippen LogP contribution in [0.5, 0.6) is 0 Å². The van der Waals surface area contributed by atoms with Crippen LogP contribution in [0.15, 0.2) is 0 Å². The van der Waals surface area contributed by atoms with Crippen molar-refractivity contribution in [1.82, 2.24) is 4.90 Å². The molecule has 14 heavy (non-hydrogen) atoms. The largest absolute Gasteiger partial charge is 0.480 e. The highest BCUT2D eigenvalue weighted by atomic mass is 16.4. The van der Waals surface area contributed by atoms with Gasteiger partial charge in [0.25, 0.3) is 0 Å². The molecule has 1 rings (SSSR count). The predicted molar refractivity (Wildman–Crippen MR) is 46.2 cm³/mol. The van der Waals surface area contributed by atoms with Gasteiger partial charge in [-0.15, -0.1) is 0 Å². The van der Waals surface area contributed by atoms with Gasteiger partial charge in [-0.25, -0.2) is 4.79 Å². The number of nitrogens with two attached hydrogens (primary N) is 1. The lowest BCUT2D eigenvalue weighted by Gasteiger charge is -2.20. The molecule has 0 aromatic heterocycles. The van der Waals surface area contributed by atoms with Gasteiger partial charge in [0.1, 0.15) is 12.5 Å². The predicted octanol–water partition coefficient (Wildman–Crippen LogP) is -1.06. The van der Waals surface area contributed by atoms with Gasteiger partial charge in [-0.1, -0.05) is 0 Å².